The van der Waals surface area contributed by atoms with Gasteiger partial charge >= 0.3 is 0 Å². The first-order valence-corrected chi connectivity index (χ1v) is 7.80. The maximum absolute atomic E-state index is 13.7. The van der Waals surface area contributed by atoms with Gasteiger partial charge in [-0.3, -0.25) is 10.1 Å². The summed E-state index contributed by atoms with van der Waals surface area (Å²) < 4.78 is 40.5. The molecule has 0 atom stereocenters. The number of benzene rings is 2. The smallest absolute Gasteiger partial charge is 0.257 e. The van der Waals surface area contributed by atoms with Gasteiger partial charge in [-0.2, -0.15) is 0 Å². The van der Waals surface area contributed by atoms with E-state index in [1.54, 1.807) is 6.92 Å². The Bertz CT molecular complexity index is 924. The molecule has 0 radical (unpaired) electrons. The Morgan fingerprint density at radius 3 is 2.62 bits per heavy atom. The maximum Gasteiger partial charge on any atom is 0.257 e. The molecule has 1 heterocycles. The highest BCUT2D eigenvalue weighted by atomic mass is 32.1. The number of halogens is 3. The average molecular weight is 348 g/mol. The number of hydrogen-bond acceptors (Lipinski definition) is 3. The van der Waals surface area contributed by atoms with Gasteiger partial charge in [-0.25, -0.2) is 18.2 Å². The van der Waals surface area contributed by atoms with Crippen molar-refractivity contribution in [3.63, 3.8) is 0 Å². The highest BCUT2D eigenvalue weighted by Crippen LogP contribution is 2.28. The number of hydrogen-bond donors (Lipinski definition) is 1. The molecular formula is C17H11F3N2OS. The molecule has 0 aliphatic heterocycles. The van der Waals surface area contributed by atoms with Crippen LogP contribution < -0.4 is 5.32 Å². The summed E-state index contributed by atoms with van der Waals surface area (Å²) in [6.45, 7) is 1.59. The summed E-state index contributed by atoms with van der Waals surface area (Å²) in [5.41, 5.74) is 0.798. The van der Waals surface area contributed by atoms with Crippen LogP contribution in [0, 0.1) is 24.4 Å². The number of carbonyl (C=O) groups is 1. The standard InChI is InChI=1S/C17H11F3N2OS/c1-9-2-3-10(6-14(9)20)16(23)22-17-21-15(8-24-17)12-7-11(18)4-5-13(12)19/h2-8H,1H3,(H,21,22,23). The van der Waals surface area contributed by atoms with Crippen LogP contribution in [0.2, 0.25) is 0 Å². The molecule has 3 nitrogen and oxygen atoms in total. The Balaban J connectivity index is 1.82. The van der Waals surface area contributed by atoms with Gasteiger partial charge in [0.2, 0.25) is 0 Å². The lowest BCUT2D eigenvalue weighted by Crippen LogP contribution is -2.12. The van der Waals surface area contributed by atoms with E-state index < -0.39 is 23.4 Å². The summed E-state index contributed by atoms with van der Waals surface area (Å²) in [6, 6.07) is 7.18. The Kier molecular flexibility index (Phi) is 4.35. The molecule has 0 saturated heterocycles. The third kappa shape index (κ3) is 3.30. The van der Waals surface area contributed by atoms with Crippen molar-refractivity contribution in [3.05, 3.63) is 70.4 Å². The van der Waals surface area contributed by atoms with Crippen molar-refractivity contribution in [2.24, 2.45) is 0 Å². The fourth-order valence-electron chi connectivity index (χ4n) is 2.05. The van der Waals surface area contributed by atoms with Gasteiger partial charge in [-0.05, 0) is 42.8 Å². The lowest BCUT2D eigenvalue weighted by Gasteiger charge is -2.03. The number of nitrogens with one attached hydrogen (secondary N) is 1. The summed E-state index contributed by atoms with van der Waals surface area (Å²) in [7, 11) is 0. The summed E-state index contributed by atoms with van der Waals surface area (Å²) in [5, 5.41) is 4.23. The van der Waals surface area contributed by atoms with Gasteiger partial charge in [0.25, 0.3) is 5.91 Å². The average Bonchev–Trinajstić information content (AvgIpc) is 3.00. The SMILES string of the molecule is Cc1ccc(C(=O)Nc2nc(-c3cc(F)ccc3F)cs2)cc1F. The van der Waals surface area contributed by atoms with Crippen LogP contribution in [0.3, 0.4) is 0 Å². The molecular weight excluding hydrogens is 337 g/mol. The van der Waals surface area contributed by atoms with Crippen LogP contribution >= 0.6 is 11.3 Å². The first-order valence-electron chi connectivity index (χ1n) is 6.92. The number of amides is 1. The number of thiazole rings is 1. The Hall–Kier alpha value is -2.67. The molecule has 0 fully saturated rings. The van der Waals surface area contributed by atoms with E-state index >= 15 is 0 Å². The molecule has 0 bridgehead atoms. The molecule has 2 aromatic carbocycles. The van der Waals surface area contributed by atoms with Crippen molar-refractivity contribution >= 4 is 22.4 Å². The summed E-state index contributed by atoms with van der Waals surface area (Å²) in [6.07, 6.45) is 0. The van der Waals surface area contributed by atoms with E-state index in [-0.39, 0.29) is 22.0 Å². The fourth-order valence-corrected chi connectivity index (χ4v) is 2.76. The molecule has 1 N–H and O–H groups in total. The van der Waals surface area contributed by atoms with Crippen molar-refractivity contribution in [2.45, 2.75) is 6.92 Å². The van der Waals surface area contributed by atoms with Crippen LogP contribution in [0.25, 0.3) is 11.3 Å². The normalized spacial score (nSPS) is 10.7. The number of nitrogens with zero attached hydrogens (tertiary/aromatic N) is 1. The van der Waals surface area contributed by atoms with E-state index in [4.69, 9.17) is 0 Å². The molecule has 122 valence electrons. The number of anilines is 1. The highest BCUT2D eigenvalue weighted by molar-refractivity contribution is 7.14. The van der Waals surface area contributed by atoms with Crippen LogP contribution in [0.5, 0.6) is 0 Å². The number of aromatic nitrogens is 1. The van der Waals surface area contributed by atoms with Crippen molar-refractivity contribution in [2.75, 3.05) is 5.32 Å². The molecule has 0 aliphatic rings. The number of carbonyl (C=O) groups excluding carboxylic acids is 1. The van der Waals surface area contributed by atoms with Crippen molar-refractivity contribution < 1.29 is 18.0 Å². The van der Waals surface area contributed by atoms with Crippen LogP contribution in [-0.4, -0.2) is 10.9 Å². The van der Waals surface area contributed by atoms with E-state index in [9.17, 15) is 18.0 Å². The van der Waals surface area contributed by atoms with Crippen LogP contribution in [0.4, 0.5) is 18.3 Å². The topological polar surface area (TPSA) is 42.0 Å². The van der Waals surface area contributed by atoms with E-state index in [1.807, 2.05) is 0 Å². The van der Waals surface area contributed by atoms with Gasteiger partial charge in [-0.15, -0.1) is 11.3 Å². The molecule has 0 saturated carbocycles. The number of aryl methyl sites for hydroxylation is 1. The first-order chi connectivity index (χ1) is 11.4. The zero-order valence-electron chi connectivity index (χ0n) is 12.4. The third-order valence-corrected chi connectivity index (χ3v) is 4.12. The van der Waals surface area contributed by atoms with Gasteiger partial charge in [0.05, 0.1) is 5.69 Å². The van der Waals surface area contributed by atoms with Gasteiger partial charge in [-0.1, -0.05) is 6.07 Å². The minimum atomic E-state index is -0.611. The predicted octanol–water partition coefficient (Wildman–Crippen LogP) is 4.79. The summed E-state index contributed by atoms with van der Waals surface area (Å²) in [4.78, 5) is 16.2. The molecule has 7 heteroatoms. The quantitative estimate of drug-likeness (QED) is 0.739. The third-order valence-electron chi connectivity index (χ3n) is 3.36. The molecule has 24 heavy (non-hydrogen) atoms. The zero-order valence-corrected chi connectivity index (χ0v) is 13.3. The van der Waals surface area contributed by atoms with Gasteiger partial charge in [0, 0.05) is 16.5 Å². The fraction of sp³-hybridized carbons (Fsp3) is 0.0588. The minimum absolute atomic E-state index is 0.00753. The Morgan fingerprint density at radius 2 is 1.88 bits per heavy atom. The first kappa shape index (κ1) is 16.2. The monoisotopic (exact) mass is 348 g/mol. The van der Waals surface area contributed by atoms with E-state index in [2.05, 4.69) is 10.3 Å². The summed E-state index contributed by atoms with van der Waals surface area (Å²) in [5.74, 6) is -2.21. The van der Waals surface area contributed by atoms with Crippen molar-refractivity contribution in [1.82, 2.24) is 4.98 Å². The highest BCUT2D eigenvalue weighted by Gasteiger charge is 2.14. The van der Waals surface area contributed by atoms with Gasteiger partial charge < -0.3 is 0 Å². The Morgan fingerprint density at radius 1 is 1.08 bits per heavy atom. The molecule has 0 spiro atoms. The van der Waals surface area contributed by atoms with Crippen LogP contribution in [0.1, 0.15) is 15.9 Å². The molecule has 0 aliphatic carbocycles. The second kappa shape index (κ2) is 6.45. The maximum atomic E-state index is 13.7. The van der Waals surface area contributed by atoms with Crippen molar-refractivity contribution in [3.8, 4) is 11.3 Å². The van der Waals surface area contributed by atoms with E-state index in [1.165, 1.54) is 17.5 Å². The lowest BCUT2D eigenvalue weighted by atomic mass is 10.1. The predicted molar refractivity (Wildman–Crippen MR) is 86.6 cm³/mol. The minimum Gasteiger partial charge on any atom is -0.298 e. The molecule has 3 rings (SSSR count). The Labute approximate surface area is 139 Å². The molecule has 1 aromatic heterocycles. The van der Waals surface area contributed by atoms with E-state index in [0.29, 0.717) is 5.56 Å². The molecule has 0 unspecified atom stereocenters. The second-order valence-corrected chi connectivity index (χ2v) is 5.94. The van der Waals surface area contributed by atoms with Crippen LogP contribution in [0.15, 0.2) is 41.8 Å². The molecule has 3 aromatic rings. The lowest BCUT2D eigenvalue weighted by molar-refractivity contribution is 0.102. The largest absolute Gasteiger partial charge is 0.298 e. The molecule has 1 amide bonds. The van der Waals surface area contributed by atoms with Gasteiger partial charge in [0.1, 0.15) is 17.5 Å². The number of rotatable bonds is 3. The van der Waals surface area contributed by atoms with E-state index in [0.717, 1.165) is 35.6 Å². The van der Waals surface area contributed by atoms with Crippen molar-refractivity contribution in [1.29, 1.82) is 0 Å². The zero-order chi connectivity index (χ0) is 17.3. The second-order valence-electron chi connectivity index (χ2n) is 5.08. The van der Waals surface area contributed by atoms with Crippen LogP contribution in [-0.2, 0) is 0 Å². The summed E-state index contributed by atoms with van der Waals surface area (Å²) >= 11 is 1.06. The van der Waals surface area contributed by atoms with Gasteiger partial charge in [0.15, 0.2) is 5.13 Å².